The van der Waals surface area contributed by atoms with Crippen molar-refractivity contribution in [2.45, 2.75) is 26.7 Å². The average molecular weight is 258 g/mol. The number of carbonyl (C=O) groups is 1. The van der Waals surface area contributed by atoms with Crippen molar-refractivity contribution in [3.05, 3.63) is 48.3 Å². The fourth-order valence-corrected chi connectivity index (χ4v) is 1.93. The van der Waals surface area contributed by atoms with Crippen LogP contribution in [0.1, 0.15) is 26.0 Å². The van der Waals surface area contributed by atoms with Crippen LogP contribution >= 0.6 is 0 Å². The van der Waals surface area contributed by atoms with E-state index in [1.54, 1.807) is 11.6 Å². The van der Waals surface area contributed by atoms with Crippen molar-refractivity contribution in [1.82, 2.24) is 9.78 Å². The molecule has 4 heteroatoms. The third kappa shape index (κ3) is 2.84. The molecule has 0 aliphatic rings. The van der Waals surface area contributed by atoms with Crippen LogP contribution < -0.4 is 0 Å². The first-order chi connectivity index (χ1) is 9.05. The Kier molecular flexibility index (Phi) is 3.69. The van der Waals surface area contributed by atoms with Crippen LogP contribution in [0.2, 0.25) is 0 Å². The largest absolute Gasteiger partial charge is 0.481 e. The molecule has 0 bridgehead atoms. The van der Waals surface area contributed by atoms with Crippen molar-refractivity contribution in [1.29, 1.82) is 0 Å². The van der Waals surface area contributed by atoms with E-state index in [0.717, 1.165) is 11.4 Å². The van der Waals surface area contributed by atoms with Crippen LogP contribution in [0, 0.1) is 5.41 Å². The summed E-state index contributed by atoms with van der Waals surface area (Å²) in [5.74, 6) is -0.774. The second-order valence-electron chi connectivity index (χ2n) is 4.98. The summed E-state index contributed by atoms with van der Waals surface area (Å²) in [6, 6.07) is 11.7. The first-order valence-corrected chi connectivity index (χ1v) is 6.38. The Morgan fingerprint density at radius 3 is 2.58 bits per heavy atom. The molecular weight excluding hydrogens is 240 g/mol. The lowest BCUT2D eigenvalue weighted by Gasteiger charge is -2.21. The molecule has 0 fully saturated rings. The standard InChI is InChI=1S/C15H18N2O2/c1-3-15(2,14(18)19)11-12-9-10-17(16-12)13-7-5-4-6-8-13/h4-10H,3,11H2,1-2H3,(H,18,19). The Hall–Kier alpha value is -2.10. The maximum atomic E-state index is 11.3. The molecule has 100 valence electrons. The van der Waals surface area contributed by atoms with Crippen molar-refractivity contribution in [2.75, 3.05) is 0 Å². The molecule has 0 spiro atoms. The molecule has 2 rings (SSSR count). The fourth-order valence-electron chi connectivity index (χ4n) is 1.93. The van der Waals surface area contributed by atoms with Crippen LogP contribution in [0.15, 0.2) is 42.6 Å². The Bertz CT molecular complexity index is 563. The maximum absolute atomic E-state index is 11.3. The predicted octanol–water partition coefficient (Wildman–Crippen LogP) is 2.92. The minimum Gasteiger partial charge on any atom is -0.481 e. The van der Waals surface area contributed by atoms with Gasteiger partial charge in [-0.3, -0.25) is 4.79 Å². The number of hydrogen-bond donors (Lipinski definition) is 1. The van der Waals surface area contributed by atoms with Gasteiger partial charge < -0.3 is 5.11 Å². The fraction of sp³-hybridized carbons (Fsp3) is 0.333. The van der Waals surface area contributed by atoms with Crippen LogP contribution in [-0.2, 0) is 11.2 Å². The molecule has 19 heavy (non-hydrogen) atoms. The van der Waals surface area contributed by atoms with E-state index in [2.05, 4.69) is 5.10 Å². The topological polar surface area (TPSA) is 55.1 Å². The molecule has 1 N–H and O–H groups in total. The second kappa shape index (κ2) is 5.26. The van der Waals surface area contributed by atoms with Crippen molar-refractivity contribution in [2.24, 2.45) is 5.41 Å². The van der Waals surface area contributed by atoms with Gasteiger partial charge in [0.15, 0.2) is 0 Å². The van der Waals surface area contributed by atoms with Crippen molar-refractivity contribution >= 4 is 5.97 Å². The Balaban J connectivity index is 2.21. The van der Waals surface area contributed by atoms with Gasteiger partial charge in [0, 0.05) is 12.6 Å². The third-order valence-electron chi connectivity index (χ3n) is 3.53. The summed E-state index contributed by atoms with van der Waals surface area (Å²) in [5, 5.41) is 13.7. The number of aromatic nitrogens is 2. The zero-order valence-electron chi connectivity index (χ0n) is 11.2. The summed E-state index contributed by atoms with van der Waals surface area (Å²) < 4.78 is 1.77. The molecule has 1 atom stereocenters. The lowest BCUT2D eigenvalue weighted by Crippen LogP contribution is -2.29. The minimum absolute atomic E-state index is 0.443. The van der Waals surface area contributed by atoms with E-state index >= 15 is 0 Å². The molecule has 4 nitrogen and oxygen atoms in total. The number of nitrogens with zero attached hydrogens (tertiary/aromatic N) is 2. The highest BCUT2D eigenvalue weighted by Crippen LogP contribution is 2.26. The summed E-state index contributed by atoms with van der Waals surface area (Å²) in [6.45, 7) is 3.65. The van der Waals surface area contributed by atoms with Gasteiger partial charge in [-0.2, -0.15) is 5.10 Å². The summed E-state index contributed by atoms with van der Waals surface area (Å²) >= 11 is 0. The first kappa shape index (κ1) is 13.3. The monoisotopic (exact) mass is 258 g/mol. The van der Waals surface area contributed by atoms with Crippen LogP contribution in [0.25, 0.3) is 5.69 Å². The lowest BCUT2D eigenvalue weighted by atomic mass is 9.83. The number of benzene rings is 1. The van der Waals surface area contributed by atoms with E-state index in [9.17, 15) is 9.90 Å². The highest BCUT2D eigenvalue weighted by atomic mass is 16.4. The second-order valence-corrected chi connectivity index (χ2v) is 4.98. The van der Waals surface area contributed by atoms with Crippen molar-refractivity contribution < 1.29 is 9.90 Å². The Labute approximate surface area is 112 Å². The summed E-state index contributed by atoms with van der Waals surface area (Å²) in [7, 11) is 0. The van der Waals surface area contributed by atoms with E-state index in [1.807, 2.05) is 49.5 Å². The predicted molar refractivity (Wildman–Crippen MR) is 73.3 cm³/mol. The van der Waals surface area contributed by atoms with Crippen LogP contribution in [-0.4, -0.2) is 20.9 Å². The Morgan fingerprint density at radius 1 is 1.32 bits per heavy atom. The van der Waals surface area contributed by atoms with E-state index in [-0.39, 0.29) is 0 Å². The molecule has 0 saturated heterocycles. The number of aliphatic carboxylic acids is 1. The zero-order chi connectivity index (χ0) is 13.9. The maximum Gasteiger partial charge on any atom is 0.309 e. The lowest BCUT2D eigenvalue weighted by molar-refractivity contribution is -0.148. The normalized spacial score (nSPS) is 14.0. The quantitative estimate of drug-likeness (QED) is 0.897. The van der Waals surface area contributed by atoms with Gasteiger partial charge in [-0.05, 0) is 31.5 Å². The number of hydrogen-bond acceptors (Lipinski definition) is 2. The van der Waals surface area contributed by atoms with Gasteiger partial charge in [0.2, 0.25) is 0 Å². The molecule has 1 aromatic carbocycles. The number of rotatable bonds is 5. The SMILES string of the molecule is CCC(C)(Cc1ccn(-c2ccccc2)n1)C(=O)O. The van der Waals surface area contributed by atoms with Crippen LogP contribution in [0.5, 0.6) is 0 Å². The molecule has 1 heterocycles. The first-order valence-electron chi connectivity index (χ1n) is 6.38. The molecular formula is C15H18N2O2. The highest BCUT2D eigenvalue weighted by molar-refractivity contribution is 5.74. The van der Waals surface area contributed by atoms with Gasteiger partial charge in [0.05, 0.1) is 16.8 Å². The number of para-hydroxylation sites is 1. The Morgan fingerprint density at radius 2 is 2.00 bits per heavy atom. The van der Waals surface area contributed by atoms with E-state index < -0.39 is 11.4 Å². The van der Waals surface area contributed by atoms with Crippen molar-refractivity contribution in [3.8, 4) is 5.69 Å². The molecule has 2 aromatic rings. The van der Waals surface area contributed by atoms with Gasteiger partial charge in [-0.1, -0.05) is 25.1 Å². The van der Waals surface area contributed by atoms with E-state index in [1.165, 1.54) is 0 Å². The van der Waals surface area contributed by atoms with Crippen LogP contribution in [0.4, 0.5) is 0 Å². The van der Waals surface area contributed by atoms with E-state index in [0.29, 0.717) is 12.8 Å². The van der Waals surface area contributed by atoms with Gasteiger partial charge in [-0.25, -0.2) is 4.68 Å². The van der Waals surface area contributed by atoms with Gasteiger partial charge in [0.1, 0.15) is 0 Å². The summed E-state index contributed by atoms with van der Waals surface area (Å²) in [5.41, 5.74) is 1.02. The highest BCUT2D eigenvalue weighted by Gasteiger charge is 2.32. The third-order valence-corrected chi connectivity index (χ3v) is 3.53. The smallest absolute Gasteiger partial charge is 0.309 e. The van der Waals surface area contributed by atoms with Crippen LogP contribution in [0.3, 0.4) is 0 Å². The molecule has 0 aliphatic carbocycles. The summed E-state index contributed by atoms with van der Waals surface area (Å²) in [4.78, 5) is 11.3. The zero-order valence-corrected chi connectivity index (χ0v) is 11.2. The number of carboxylic acids is 1. The molecule has 0 saturated carbocycles. The van der Waals surface area contributed by atoms with E-state index in [4.69, 9.17) is 0 Å². The molecule has 1 unspecified atom stereocenters. The van der Waals surface area contributed by atoms with Gasteiger partial charge in [0.25, 0.3) is 0 Å². The number of carboxylic acid groups (broad SMARTS) is 1. The molecule has 0 amide bonds. The molecule has 0 aliphatic heterocycles. The molecule has 0 radical (unpaired) electrons. The van der Waals surface area contributed by atoms with Gasteiger partial charge in [-0.15, -0.1) is 0 Å². The molecule has 1 aromatic heterocycles. The minimum atomic E-state index is -0.774. The van der Waals surface area contributed by atoms with Crippen molar-refractivity contribution in [3.63, 3.8) is 0 Å². The summed E-state index contributed by atoms with van der Waals surface area (Å²) in [6.07, 6.45) is 2.89. The van der Waals surface area contributed by atoms with Gasteiger partial charge >= 0.3 is 5.97 Å². The average Bonchev–Trinajstić information content (AvgIpc) is 2.87.